The summed E-state index contributed by atoms with van der Waals surface area (Å²) in [6.45, 7) is 0. The van der Waals surface area contributed by atoms with Gasteiger partial charge in [-0.25, -0.2) is 0 Å². The summed E-state index contributed by atoms with van der Waals surface area (Å²) in [4.78, 5) is 24.2. The number of rotatable bonds is 3. The van der Waals surface area contributed by atoms with Crippen molar-refractivity contribution in [2.24, 2.45) is 0 Å². The molecule has 2 amide bonds. The molecule has 0 bridgehead atoms. The Morgan fingerprint density at radius 2 is 1.94 bits per heavy atom. The van der Waals surface area contributed by atoms with Crippen LogP contribution in [0.1, 0.15) is 12.0 Å². The van der Waals surface area contributed by atoms with Crippen LogP contribution in [-0.4, -0.2) is 74.4 Å². The van der Waals surface area contributed by atoms with E-state index in [0.29, 0.717) is 5.75 Å². The summed E-state index contributed by atoms with van der Waals surface area (Å²) in [6.07, 6.45) is 1.09. The third-order valence-corrected chi connectivity index (χ3v) is 7.35. The van der Waals surface area contributed by atoms with Crippen LogP contribution in [0.2, 0.25) is 0 Å². The maximum Gasteiger partial charge on any atom is 0.269 e. The summed E-state index contributed by atoms with van der Waals surface area (Å²) < 4.78 is 10.2. The first-order chi connectivity index (χ1) is 14.6. The Hall–Kier alpha value is -2.73. The number of phenolic OH excluding ortho intramolecular Hbond substituents is 1. The lowest BCUT2D eigenvalue weighted by Crippen LogP contribution is -2.63. The van der Waals surface area contributed by atoms with Gasteiger partial charge in [-0.1, -0.05) is 12.2 Å². The molecule has 166 valence electrons. The second-order valence-corrected chi connectivity index (χ2v) is 9.00. The molecule has 6 N–H and O–H groups in total. The lowest BCUT2D eigenvalue weighted by atomic mass is 9.79. The van der Waals surface area contributed by atoms with Crippen LogP contribution < -0.4 is 20.1 Å². The number of aliphatic hydroxyl groups excluding tert-OH is 2. The van der Waals surface area contributed by atoms with E-state index in [-0.39, 0.29) is 29.2 Å². The summed E-state index contributed by atoms with van der Waals surface area (Å²) in [5.74, 6) is -1.13. The Balaban J connectivity index is 1.62. The Morgan fingerprint density at radius 1 is 1.19 bits per heavy atom. The molecule has 1 spiro atoms. The van der Waals surface area contributed by atoms with E-state index in [4.69, 9.17) is 9.47 Å². The van der Waals surface area contributed by atoms with Crippen molar-refractivity contribution in [1.29, 1.82) is 0 Å². The highest BCUT2D eigenvalue weighted by Gasteiger charge is 2.64. The van der Waals surface area contributed by atoms with Crippen LogP contribution >= 0.6 is 11.8 Å². The maximum atomic E-state index is 13.0. The number of fused-ring (bicyclic) bond motifs is 1. The number of ether oxygens (including phenoxy) is 2. The molecule has 5 atom stereocenters. The predicted molar refractivity (Wildman–Crippen MR) is 110 cm³/mol. The van der Waals surface area contributed by atoms with Gasteiger partial charge >= 0.3 is 0 Å². The SMILES string of the molecule is COc1ccc(C=C2NC(=O)[C@@]3(C[C@]4(O)[C@@H](C=C[C@@H](O)[C@@H]4O)S3)NC2=O)c(O)c1OC. The number of hydrogen-bond donors (Lipinski definition) is 6. The molecule has 11 heteroatoms. The van der Waals surface area contributed by atoms with Gasteiger partial charge in [-0.15, -0.1) is 11.8 Å². The van der Waals surface area contributed by atoms with Crippen molar-refractivity contribution >= 4 is 29.7 Å². The highest BCUT2D eigenvalue weighted by atomic mass is 32.2. The van der Waals surface area contributed by atoms with Crippen molar-refractivity contribution in [1.82, 2.24) is 10.6 Å². The zero-order chi connectivity index (χ0) is 22.6. The van der Waals surface area contributed by atoms with E-state index in [1.807, 2.05) is 0 Å². The van der Waals surface area contributed by atoms with Crippen molar-refractivity contribution < 1.29 is 39.5 Å². The van der Waals surface area contributed by atoms with Gasteiger partial charge in [0, 0.05) is 12.0 Å². The minimum Gasteiger partial charge on any atom is -0.504 e. The fourth-order valence-corrected chi connectivity index (χ4v) is 5.70. The van der Waals surface area contributed by atoms with Crippen molar-refractivity contribution in [3.63, 3.8) is 0 Å². The van der Waals surface area contributed by atoms with Gasteiger partial charge in [-0.2, -0.15) is 0 Å². The number of benzene rings is 1. The fraction of sp³-hybridized carbons (Fsp3) is 0.400. The number of carbonyl (C=O) groups excluding carboxylic acids is 2. The molecule has 2 heterocycles. The Bertz CT molecular complexity index is 1010. The minimum atomic E-state index is -1.79. The molecule has 31 heavy (non-hydrogen) atoms. The van der Waals surface area contributed by atoms with Crippen molar-refractivity contribution in [3.05, 3.63) is 35.5 Å². The molecule has 10 nitrogen and oxygen atoms in total. The molecule has 1 aliphatic carbocycles. The number of phenols is 1. The highest BCUT2D eigenvalue weighted by molar-refractivity contribution is 8.02. The van der Waals surface area contributed by atoms with Gasteiger partial charge in [0.1, 0.15) is 23.5 Å². The fourth-order valence-electron chi connectivity index (χ4n) is 4.05. The van der Waals surface area contributed by atoms with Crippen molar-refractivity contribution in [2.75, 3.05) is 14.2 Å². The van der Waals surface area contributed by atoms with E-state index in [1.165, 1.54) is 38.5 Å². The van der Waals surface area contributed by atoms with E-state index in [9.17, 15) is 30.0 Å². The monoisotopic (exact) mass is 450 g/mol. The number of amides is 2. The van der Waals surface area contributed by atoms with Gasteiger partial charge in [0.15, 0.2) is 16.4 Å². The Labute approximate surface area is 181 Å². The first-order valence-electron chi connectivity index (χ1n) is 9.39. The minimum absolute atomic E-state index is 0.0767. The second kappa shape index (κ2) is 7.45. The van der Waals surface area contributed by atoms with Crippen LogP contribution in [-0.2, 0) is 9.59 Å². The number of aromatic hydroxyl groups is 1. The van der Waals surface area contributed by atoms with E-state index < -0.39 is 39.7 Å². The smallest absolute Gasteiger partial charge is 0.269 e. The summed E-state index contributed by atoms with van der Waals surface area (Å²) in [5.41, 5.74) is -1.68. The lowest BCUT2D eigenvalue weighted by Gasteiger charge is -2.38. The third kappa shape index (κ3) is 3.24. The predicted octanol–water partition coefficient (Wildman–Crippen LogP) is -0.779. The van der Waals surface area contributed by atoms with Crippen LogP contribution in [0.4, 0.5) is 0 Å². The second-order valence-electron chi connectivity index (χ2n) is 7.56. The number of methoxy groups -OCH3 is 2. The topological polar surface area (TPSA) is 158 Å². The molecule has 1 aromatic rings. The van der Waals surface area contributed by atoms with Crippen LogP contribution in [0.3, 0.4) is 0 Å². The summed E-state index contributed by atoms with van der Waals surface area (Å²) in [7, 11) is 2.77. The lowest BCUT2D eigenvalue weighted by molar-refractivity contribution is -0.140. The number of nitrogens with one attached hydrogen (secondary N) is 2. The molecule has 3 aliphatic rings. The highest BCUT2D eigenvalue weighted by Crippen LogP contribution is 2.52. The van der Waals surface area contributed by atoms with Gasteiger partial charge in [0.2, 0.25) is 5.75 Å². The Kier molecular flexibility index (Phi) is 5.16. The number of hydrogen-bond acceptors (Lipinski definition) is 9. The number of carbonyl (C=O) groups is 2. The molecule has 0 aromatic heterocycles. The molecule has 2 fully saturated rings. The molecule has 2 saturated heterocycles. The average Bonchev–Trinajstić information content (AvgIpc) is 3.04. The summed E-state index contributed by atoms with van der Waals surface area (Å²) in [5, 5.41) is 45.9. The molecule has 0 unspecified atom stereocenters. The molecule has 1 aromatic carbocycles. The molecular weight excluding hydrogens is 428 g/mol. The van der Waals surface area contributed by atoms with Gasteiger partial charge in [-0.3, -0.25) is 9.59 Å². The Morgan fingerprint density at radius 3 is 2.61 bits per heavy atom. The van der Waals surface area contributed by atoms with Gasteiger partial charge in [0.05, 0.1) is 19.5 Å². The number of aliphatic hydroxyl groups is 3. The zero-order valence-corrected chi connectivity index (χ0v) is 17.5. The molecular formula is C20H22N2O8S. The van der Waals surface area contributed by atoms with E-state index in [1.54, 1.807) is 6.07 Å². The van der Waals surface area contributed by atoms with Crippen LogP contribution in [0.25, 0.3) is 6.08 Å². The van der Waals surface area contributed by atoms with Gasteiger partial charge in [0.25, 0.3) is 11.8 Å². The van der Waals surface area contributed by atoms with E-state index in [2.05, 4.69) is 10.6 Å². The van der Waals surface area contributed by atoms with Gasteiger partial charge in [-0.05, 0) is 18.2 Å². The van der Waals surface area contributed by atoms with Crippen LogP contribution in [0.5, 0.6) is 17.2 Å². The molecule has 2 aliphatic heterocycles. The van der Waals surface area contributed by atoms with Crippen LogP contribution in [0.15, 0.2) is 30.0 Å². The standard InChI is InChI=1S/C20H22N2O8S/c1-29-12-5-3-9(14(24)15(12)30-2)7-10-17(26)22-20(18(27)21-10)8-19(28)13(31-20)6-4-11(23)16(19)25/h3-7,11,13,16,23-25,28H,8H2,1-2H3,(H,21,27)(H,22,26)/t11-,13-,16+,19+,20+/m1/s1. The summed E-state index contributed by atoms with van der Waals surface area (Å²) in [6, 6.07) is 3.04. The zero-order valence-electron chi connectivity index (χ0n) is 16.7. The summed E-state index contributed by atoms with van der Waals surface area (Å²) >= 11 is 0.992. The number of thioether (sulfide) groups is 1. The average molecular weight is 450 g/mol. The molecule has 0 saturated carbocycles. The van der Waals surface area contributed by atoms with E-state index >= 15 is 0 Å². The number of piperazine rings is 1. The first kappa shape index (κ1) is 21.5. The molecule has 0 radical (unpaired) electrons. The maximum absolute atomic E-state index is 13.0. The quantitative estimate of drug-likeness (QED) is 0.257. The van der Waals surface area contributed by atoms with Gasteiger partial charge < -0.3 is 40.5 Å². The van der Waals surface area contributed by atoms with Crippen LogP contribution in [0, 0.1) is 0 Å². The normalized spacial score (nSPS) is 35.6. The first-order valence-corrected chi connectivity index (χ1v) is 10.3. The van der Waals surface area contributed by atoms with Crippen molar-refractivity contribution in [3.8, 4) is 17.2 Å². The van der Waals surface area contributed by atoms with Crippen molar-refractivity contribution in [2.45, 2.75) is 34.4 Å². The van der Waals surface area contributed by atoms with E-state index in [0.717, 1.165) is 11.8 Å². The molecule has 4 rings (SSSR count). The third-order valence-electron chi connectivity index (χ3n) is 5.70. The largest absolute Gasteiger partial charge is 0.504 e.